The molecule has 0 aromatic heterocycles. The topological polar surface area (TPSA) is 23.5 Å². The SMILES string of the molecule is Cc1cc(CC(O)CN(C)C)ccc1Cl. The molecule has 1 rings (SSSR count). The number of hydrogen-bond donors (Lipinski definition) is 1. The van der Waals surface area contributed by atoms with Crippen LogP contribution in [-0.4, -0.2) is 36.8 Å². The Morgan fingerprint density at radius 2 is 2.07 bits per heavy atom. The summed E-state index contributed by atoms with van der Waals surface area (Å²) in [6.45, 7) is 2.66. The van der Waals surface area contributed by atoms with Gasteiger partial charge in [0.25, 0.3) is 0 Å². The zero-order chi connectivity index (χ0) is 11.4. The van der Waals surface area contributed by atoms with Gasteiger partial charge in [-0.15, -0.1) is 0 Å². The van der Waals surface area contributed by atoms with Crippen molar-refractivity contribution >= 4 is 11.6 Å². The predicted molar refractivity (Wildman–Crippen MR) is 64.5 cm³/mol. The number of aliphatic hydroxyl groups excluding tert-OH is 1. The molecule has 0 aliphatic rings. The van der Waals surface area contributed by atoms with Gasteiger partial charge in [-0.3, -0.25) is 0 Å². The lowest BCUT2D eigenvalue weighted by molar-refractivity contribution is 0.137. The molecular formula is C12H18ClNO. The van der Waals surface area contributed by atoms with Crippen molar-refractivity contribution in [1.29, 1.82) is 0 Å². The number of halogens is 1. The lowest BCUT2D eigenvalue weighted by Gasteiger charge is -2.16. The molecule has 0 amide bonds. The second-order valence-electron chi connectivity index (χ2n) is 4.20. The Hall–Kier alpha value is -0.570. The van der Waals surface area contributed by atoms with Crippen molar-refractivity contribution in [2.45, 2.75) is 19.4 Å². The smallest absolute Gasteiger partial charge is 0.0707 e. The summed E-state index contributed by atoms with van der Waals surface area (Å²) in [6.07, 6.45) is 0.358. The first-order valence-electron chi connectivity index (χ1n) is 5.07. The van der Waals surface area contributed by atoms with Crippen LogP contribution in [0.2, 0.25) is 5.02 Å². The summed E-state index contributed by atoms with van der Waals surface area (Å²) in [5.74, 6) is 0. The van der Waals surface area contributed by atoms with Crippen molar-refractivity contribution in [2.75, 3.05) is 20.6 Å². The molecule has 1 aromatic rings. The fraction of sp³-hybridized carbons (Fsp3) is 0.500. The lowest BCUT2D eigenvalue weighted by Crippen LogP contribution is -2.27. The van der Waals surface area contributed by atoms with E-state index in [1.807, 2.05) is 44.1 Å². The van der Waals surface area contributed by atoms with Crippen LogP contribution in [0.1, 0.15) is 11.1 Å². The first-order valence-corrected chi connectivity index (χ1v) is 5.44. The normalized spacial score (nSPS) is 13.2. The summed E-state index contributed by atoms with van der Waals surface area (Å²) in [4.78, 5) is 1.98. The highest BCUT2D eigenvalue weighted by Gasteiger charge is 2.07. The van der Waals surface area contributed by atoms with Crippen molar-refractivity contribution in [3.63, 3.8) is 0 Å². The van der Waals surface area contributed by atoms with Gasteiger partial charge in [-0.05, 0) is 44.6 Å². The van der Waals surface area contributed by atoms with Gasteiger partial charge in [0, 0.05) is 11.6 Å². The zero-order valence-electron chi connectivity index (χ0n) is 9.50. The molecule has 0 aliphatic heterocycles. The molecule has 1 aromatic carbocycles. The number of aryl methyl sites for hydroxylation is 1. The predicted octanol–water partition coefficient (Wildman–Crippen LogP) is 2.11. The van der Waals surface area contributed by atoms with E-state index in [0.29, 0.717) is 13.0 Å². The first-order chi connectivity index (χ1) is 6.99. The summed E-state index contributed by atoms with van der Waals surface area (Å²) in [5.41, 5.74) is 2.19. The molecule has 2 nitrogen and oxygen atoms in total. The molecule has 1 atom stereocenters. The molecule has 0 fully saturated rings. The third-order valence-corrected chi connectivity index (χ3v) is 2.69. The maximum Gasteiger partial charge on any atom is 0.0707 e. The molecule has 0 saturated carbocycles. The standard InChI is InChI=1S/C12H18ClNO/c1-9-6-10(4-5-12(9)13)7-11(15)8-14(2)3/h4-6,11,15H,7-8H2,1-3H3. The van der Waals surface area contributed by atoms with E-state index in [2.05, 4.69) is 0 Å². The molecule has 0 heterocycles. The number of likely N-dealkylation sites (N-methyl/N-ethyl adjacent to an activating group) is 1. The molecule has 84 valence electrons. The van der Waals surface area contributed by atoms with Crippen LogP contribution in [0.3, 0.4) is 0 Å². The highest BCUT2D eigenvalue weighted by Crippen LogP contribution is 2.17. The van der Waals surface area contributed by atoms with Crippen LogP contribution in [0.5, 0.6) is 0 Å². The van der Waals surface area contributed by atoms with Crippen LogP contribution >= 0.6 is 11.6 Å². The fourth-order valence-corrected chi connectivity index (χ4v) is 1.71. The summed E-state index contributed by atoms with van der Waals surface area (Å²) < 4.78 is 0. The molecule has 1 N–H and O–H groups in total. The van der Waals surface area contributed by atoms with E-state index in [0.717, 1.165) is 16.1 Å². The Balaban J connectivity index is 2.60. The van der Waals surface area contributed by atoms with Crippen LogP contribution in [0.25, 0.3) is 0 Å². The maximum atomic E-state index is 9.76. The molecule has 3 heteroatoms. The second kappa shape index (κ2) is 5.50. The van der Waals surface area contributed by atoms with Crippen LogP contribution < -0.4 is 0 Å². The Morgan fingerprint density at radius 1 is 1.40 bits per heavy atom. The molecular weight excluding hydrogens is 210 g/mol. The van der Waals surface area contributed by atoms with Gasteiger partial charge in [0.15, 0.2) is 0 Å². The van der Waals surface area contributed by atoms with Crippen molar-refractivity contribution in [1.82, 2.24) is 4.90 Å². The second-order valence-corrected chi connectivity index (χ2v) is 4.61. The van der Waals surface area contributed by atoms with Gasteiger partial charge >= 0.3 is 0 Å². The summed E-state index contributed by atoms with van der Waals surface area (Å²) in [7, 11) is 3.91. The minimum absolute atomic E-state index is 0.319. The molecule has 0 bridgehead atoms. The Morgan fingerprint density at radius 3 is 2.60 bits per heavy atom. The number of rotatable bonds is 4. The van der Waals surface area contributed by atoms with E-state index < -0.39 is 0 Å². The number of benzene rings is 1. The summed E-state index contributed by atoms with van der Waals surface area (Å²) in [5, 5.41) is 10.5. The van der Waals surface area contributed by atoms with Crippen molar-refractivity contribution in [3.05, 3.63) is 34.3 Å². The van der Waals surface area contributed by atoms with Gasteiger partial charge < -0.3 is 10.0 Å². The monoisotopic (exact) mass is 227 g/mol. The number of nitrogens with zero attached hydrogens (tertiary/aromatic N) is 1. The van der Waals surface area contributed by atoms with Gasteiger partial charge in [-0.25, -0.2) is 0 Å². The minimum atomic E-state index is -0.319. The number of aliphatic hydroxyl groups is 1. The number of hydrogen-bond acceptors (Lipinski definition) is 2. The van der Waals surface area contributed by atoms with Gasteiger partial charge in [-0.2, -0.15) is 0 Å². The van der Waals surface area contributed by atoms with Gasteiger partial charge in [-0.1, -0.05) is 23.7 Å². The van der Waals surface area contributed by atoms with E-state index in [1.54, 1.807) is 0 Å². The molecule has 1 unspecified atom stereocenters. The lowest BCUT2D eigenvalue weighted by atomic mass is 10.1. The van der Waals surface area contributed by atoms with Crippen LogP contribution in [0.4, 0.5) is 0 Å². The highest BCUT2D eigenvalue weighted by molar-refractivity contribution is 6.31. The summed E-state index contributed by atoms with van der Waals surface area (Å²) in [6, 6.07) is 5.88. The van der Waals surface area contributed by atoms with Crippen LogP contribution in [0.15, 0.2) is 18.2 Å². The highest BCUT2D eigenvalue weighted by atomic mass is 35.5. The van der Waals surface area contributed by atoms with E-state index in [1.165, 1.54) is 0 Å². The Kier molecular flexibility index (Phi) is 4.58. The maximum absolute atomic E-state index is 9.76. The van der Waals surface area contributed by atoms with Crippen molar-refractivity contribution < 1.29 is 5.11 Å². The third kappa shape index (κ3) is 4.20. The van der Waals surface area contributed by atoms with Gasteiger partial charge in [0.05, 0.1) is 6.10 Å². The van der Waals surface area contributed by atoms with E-state index in [9.17, 15) is 5.11 Å². The molecule has 0 radical (unpaired) electrons. The first kappa shape index (κ1) is 12.5. The Bertz CT molecular complexity index is 325. The average molecular weight is 228 g/mol. The van der Waals surface area contributed by atoms with Gasteiger partial charge in [0.2, 0.25) is 0 Å². The summed E-state index contributed by atoms with van der Waals surface area (Å²) >= 11 is 5.93. The van der Waals surface area contributed by atoms with Gasteiger partial charge in [0.1, 0.15) is 0 Å². The van der Waals surface area contributed by atoms with E-state index in [-0.39, 0.29) is 6.10 Å². The Labute approximate surface area is 96.5 Å². The van der Waals surface area contributed by atoms with Crippen molar-refractivity contribution in [3.8, 4) is 0 Å². The molecule has 0 spiro atoms. The van der Waals surface area contributed by atoms with E-state index >= 15 is 0 Å². The zero-order valence-corrected chi connectivity index (χ0v) is 10.3. The van der Waals surface area contributed by atoms with Crippen LogP contribution in [-0.2, 0) is 6.42 Å². The minimum Gasteiger partial charge on any atom is -0.391 e. The van der Waals surface area contributed by atoms with Crippen molar-refractivity contribution in [2.24, 2.45) is 0 Å². The molecule has 0 saturated heterocycles. The van der Waals surface area contributed by atoms with Crippen LogP contribution in [0, 0.1) is 6.92 Å². The quantitative estimate of drug-likeness (QED) is 0.852. The fourth-order valence-electron chi connectivity index (χ4n) is 1.59. The largest absolute Gasteiger partial charge is 0.391 e. The molecule has 0 aliphatic carbocycles. The average Bonchev–Trinajstić information content (AvgIpc) is 2.10. The molecule has 15 heavy (non-hydrogen) atoms. The van der Waals surface area contributed by atoms with E-state index in [4.69, 9.17) is 11.6 Å². The third-order valence-electron chi connectivity index (χ3n) is 2.27.